The molecule has 0 fully saturated rings. The molecule has 0 aliphatic carbocycles. The molecule has 0 amide bonds. The third-order valence-corrected chi connectivity index (χ3v) is 0. The molecule has 0 spiro atoms. The van der Waals surface area contributed by atoms with Crippen molar-refractivity contribution in [2.24, 2.45) is 0 Å². The minimum absolute atomic E-state index is 0. The van der Waals surface area contributed by atoms with Crippen LogP contribution < -0.4 is 0 Å². The van der Waals surface area contributed by atoms with Gasteiger partial charge < -0.3 is 32.9 Å². The molecule has 0 aromatic heterocycles. The van der Waals surface area contributed by atoms with Crippen LogP contribution in [-0.2, 0) is 0 Å². The summed E-state index contributed by atoms with van der Waals surface area (Å²) in [6, 6.07) is 0. The Morgan fingerprint density at radius 3 is 0.500 bits per heavy atom. The Hall–Kier alpha value is 3.33. The van der Waals surface area contributed by atoms with E-state index in [2.05, 4.69) is 41.8 Å². The standard InChI is InChI=1S/Ce.3HI.6H2O/h;3*1H;6*1H2/q+3;;;;;;;;;/p-3. The van der Waals surface area contributed by atoms with Crippen molar-refractivity contribution in [3.8, 4) is 0 Å². The van der Waals surface area contributed by atoms with Crippen LogP contribution in [0.25, 0.3) is 0 Å². The summed E-state index contributed by atoms with van der Waals surface area (Å²) in [7, 11) is 0. The molecule has 0 aromatic rings. The molecule has 0 bridgehead atoms. The first-order valence-electron chi connectivity index (χ1n) is 0.567. The Bertz CT molecular complexity index is 17.7. The molecule has 73 valence electrons. The SMILES string of the molecule is O.O.O.O.O.O.[I][Ce]([I])[I]. The summed E-state index contributed by atoms with van der Waals surface area (Å²) in [5.74, 6) is 0. The van der Waals surface area contributed by atoms with E-state index < -0.39 is 18.9 Å². The molecule has 0 aliphatic heterocycles. The van der Waals surface area contributed by atoms with Crippen LogP contribution in [0.2, 0.25) is 0 Å². The van der Waals surface area contributed by atoms with E-state index in [1.54, 1.807) is 0 Å². The van der Waals surface area contributed by atoms with Crippen LogP contribution in [0, 0.1) is 18.9 Å². The molecule has 10 heavy (non-hydrogen) atoms. The zero-order valence-corrected chi connectivity index (χ0v) is 14.2. The molecule has 0 atom stereocenters. The molecule has 0 saturated carbocycles. The van der Waals surface area contributed by atoms with Gasteiger partial charge in [-0.1, -0.05) is 0 Å². The summed E-state index contributed by atoms with van der Waals surface area (Å²) in [4.78, 5) is 0. The molecule has 12 N–H and O–H groups in total. The van der Waals surface area contributed by atoms with Crippen molar-refractivity contribution in [1.29, 1.82) is 0 Å². The Kier molecular flexibility index (Phi) is 200. The van der Waals surface area contributed by atoms with Crippen molar-refractivity contribution in [1.82, 2.24) is 0 Å². The van der Waals surface area contributed by atoms with Gasteiger partial charge in [-0.25, -0.2) is 0 Å². The summed E-state index contributed by atoms with van der Waals surface area (Å²) < 4.78 is 0. The Morgan fingerprint density at radius 2 is 0.500 bits per heavy atom. The molecule has 0 saturated heterocycles. The fourth-order valence-corrected chi connectivity index (χ4v) is 0. The fourth-order valence-electron chi connectivity index (χ4n) is 0. The normalized spacial score (nSPS) is 2.70. The molecular formula is H12CeI3O6. The third-order valence-electron chi connectivity index (χ3n) is 0. The van der Waals surface area contributed by atoms with E-state index in [4.69, 9.17) is 0 Å². The zero-order chi connectivity index (χ0) is 3.58. The van der Waals surface area contributed by atoms with Crippen molar-refractivity contribution in [3.05, 3.63) is 0 Å². The van der Waals surface area contributed by atoms with Gasteiger partial charge in [-0.2, -0.15) is 0 Å². The van der Waals surface area contributed by atoms with Gasteiger partial charge in [0.2, 0.25) is 0 Å². The Morgan fingerprint density at radius 1 is 0.500 bits per heavy atom. The van der Waals surface area contributed by atoms with E-state index in [1.807, 2.05) is 0 Å². The van der Waals surface area contributed by atoms with E-state index in [0.717, 1.165) is 0 Å². The van der Waals surface area contributed by atoms with E-state index in [1.165, 1.54) is 0 Å². The molecule has 6 nitrogen and oxygen atoms in total. The van der Waals surface area contributed by atoms with Crippen molar-refractivity contribution in [2.75, 3.05) is 0 Å². The van der Waals surface area contributed by atoms with Crippen molar-refractivity contribution >= 4 is 41.8 Å². The van der Waals surface area contributed by atoms with Gasteiger partial charge in [-0.3, -0.25) is 0 Å². The fraction of sp³-hybridized carbons (Fsp3) is 0. The number of rotatable bonds is 0. The van der Waals surface area contributed by atoms with Crippen LogP contribution in [0.3, 0.4) is 0 Å². The van der Waals surface area contributed by atoms with Gasteiger partial charge in [0.15, 0.2) is 0 Å². The van der Waals surface area contributed by atoms with Gasteiger partial charge in [0, 0.05) is 0 Å². The molecule has 0 aromatic carbocycles. The predicted molar refractivity (Wildman–Crippen MR) is 63.7 cm³/mol. The van der Waals surface area contributed by atoms with E-state index in [-0.39, 0.29) is 32.9 Å². The third kappa shape index (κ3) is 109. The van der Waals surface area contributed by atoms with Crippen LogP contribution in [0.5, 0.6) is 0 Å². The maximum atomic E-state index is 2.53. The molecule has 0 unspecified atom stereocenters. The van der Waals surface area contributed by atoms with Crippen molar-refractivity contribution in [2.45, 2.75) is 0 Å². The van der Waals surface area contributed by atoms with Crippen molar-refractivity contribution < 1.29 is 51.7 Å². The topological polar surface area (TPSA) is 189 Å². The van der Waals surface area contributed by atoms with E-state index in [9.17, 15) is 0 Å². The first-order valence-corrected chi connectivity index (χ1v) is 27.7. The van der Waals surface area contributed by atoms with Crippen LogP contribution >= 0.6 is 41.8 Å². The summed E-state index contributed by atoms with van der Waals surface area (Å²) in [5.41, 5.74) is 0. The molecule has 0 heterocycles. The second-order valence-electron chi connectivity index (χ2n) is 0.214. The first-order chi connectivity index (χ1) is 1.73. The minimum atomic E-state index is -0.747. The quantitative estimate of drug-likeness (QED) is 0.261. The van der Waals surface area contributed by atoms with Gasteiger partial charge in [0.1, 0.15) is 0 Å². The number of halogens is 3. The Balaban J connectivity index is -0.00000000300. The van der Waals surface area contributed by atoms with Crippen LogP contribution in [-0.4, -0.2) is 32.9 Å². The van der Waals surface area contributed by atoms with Gasteiger partial charge in [0.05, 0.1) is 0 Å². The summed E-state index contributed by atoms with van der Waals surface area (Å²) >= 11 is 6.84. The average molecular weight is 629 g/mol. The average Bonchev–Trinajstić information content (AvgIpc) is 0.811. The van der Waals surface area contributed by atoms with Crippen LogP contribution in [0.1, 0.15) is 0 Å². The second-order valence-corrected chi connectivity index (χ2v) is 70.2. The van der Waals surface area contributed by atoms with E-state index in [0.29, 0.717) is 0 Å². The summed E-state index contributed by atoms with van der Waals surface area (Å²) in [6.45, 7) is 0. The number of hydrogen-bond donors (Lipinski definition) is 0. The molecule has 0 radical (unpaired) electrons. The molecule has 0 aliphatic rings. The zero-order valence-electron chi connectivity index (χ0n) is 4.63. The van der Waals surface area contributed by atoms with Crippen LogP contribution in [0.4, 0.5) is 0 Å². The summed E-state index contributed by atoms with van der Waals surface area (Å²) in [5, 5.41) is 0. The van der Waals surface area contributed by atoms with Gasteiger partial charge in [0.25, 0.3) is 0 Å². The monoisotopic (exact) mass is 629 g/mol. The first kappa shape index (κ1) is 50.6. The maximum absolute atomic E-state index is 2.53. The Labute approximate surface area is 90.5 Å². The summed E-state index contributed by atoms with van der Waals surface area (Å²) in [6.07, 6.45) is 0. The second kappa shape index (κ2) is 39.5. The number of hydrogen-bond acceptors (Lipinski definition) is 0. The predicted octanol–water partition coefficient (Wildman–Crippen LogP) is -2.29. The van der Waals surface area contributed by atoms with Crippen molar-refractivity contribution in [3.63, 3.8) is 0 Å². The van der Waals surface area contributed by atoms with E-state index >= 15 is 0 Å². The molecule has 10 heteroatoms. The van der Waals surface area contributed by atoms with Gasteiger partial charge in [-0.15, -0.1) is 0 Å². The molecule has 0 rings (SSSR count). The molecular weight excluding hydrogens is 617 g/mol. The van der Waals surface area contributed by atoms with Gasteiger partial charge >= 0.3 is 60.6 Å². The van der Waals surface area contributed by atoms with Crippen LogP contribution in [0.15, 0.2) is 0 Å². The van der Waals surface area contributed by atoms with Gasteiger partial charge in [-0.05, 0) is 0 Å².